The molecule has 1 aromatic carbocycles. The van der Waals surface area contributed by atoms with Crippen molar-refractivity contribution in [1.29, 1.82) is 0 Å². The van der Waals surface area contributed by atoms with E-state index >= 15 is 0 Å². The number of hydrogen-bond acceptors (Lipinski definition) is 2. The van der Waals surface area contributed by atoms with Crippen LogP contribution in [0.1, 0.15) is 49.4 Å². The van der Waals surface area contributed by atoms with Gasteiger partial charge in [-0.2, -0.15) is 0 Å². The molecule has 3 N–H and O–H groups in total. The molecule has 0 spiro atoms. The summed E-state index contributed by atoms with van der Waals surface area (Å²) in [4.78, 5) is 12.0. The summed E-state index contributed by atoms with van der Waals surface area (Å²) in [6.45, 7) is 2.93. The maximum atomic E-state index is 13.3. The molecule has 3 nitrogen and oxygen atoms in total. The average molecular weight is 278 g/mol. The lowest BCUT2D eigenvalue weighted by molar-refractivity contribution is 0.0950. The number of carbonyl (C=O) groups is 1. The number of para-hydroxylation sites is 1. The molecule has 0 atom stereocenters. The molecule has 1 aromatic rings. The van der Waals surface area contributed by atoms with Crippen molar-refractivity contribution in [3.05, 3.63) is 29.6 Å². The van der Waals surface area contributed by atoms with Gasteiger partial charge in [0.05, 0.1) is 11.3 Å². The van der Waals surface area contributed by atoms with E-state index in [4.69, 9.17) is 5.73 Å². The molecule has 110 valence electrons. The molecule has 4 heteroatoms. The molecule has 0 bridgehead atoms. The van der Waals surface area contributed by atoms with Gasteiger partial charge in [-0.1, -0.05) is 38.7 Å². The maximum Gasteiger partial charge on any atom is 0.253 e. The standard InChI is InChI=1S/C16H23FN2O/c1-11-5-7-12(8-6-11)9-10-19-16(20)13-3-2-4-14(17)15(13)18/h2-4,11-12H,5-10,18H2,1H3,(H,19,20). The van der Waals surface area contributed by atoms with Crippen LogP contribution in [-0.2, 0) is 0 Å². The number of carbonyl (C=O) groups excluding carboxylic acids is 1. The predicted octanol–water partition coefficient (Wildman–Crippen LogP) is 3.35. The first-order valence-electron chi connectivity index (χ1n) is 7.40. The van der Waals surface area contributed by atoms with Crippen molar-refractivity contribution < 1.29 is 9.18 Å². The van der Waals surface area contributed by atoms with Gasteiger partial charge < -0.3 is 11.1 Å². The smallest absolute Gasteiger partial charge is 0.253 e. The molecule has 0 saturated heterocycles. The van der Waals surface area contributed by atoms with Crippen molar-refractivity contribution in [3.8, 4) is 0 Å². The van der Waals surface area contributed by atoms with E-state index in [1.54, 1.807) is 6.07 Å². The third-order valence-corrected chi connectivity index (χ3v) is 4.27. The number of benzene rings is 1. The molecule has 1 aliphatic carbocycles. The Kier molecular flexibility index (Phi) is 4.99. The Morgan fingerprint density at radius 3 is 2.75 bits per heavy atom. The molecular weight excluding hydrogens is 255 g/mol. The number of nitrogens with one attached hydrogen (secondary N) is 1. The quantitative estimate of drug-likeness (QED) is 0.830. The average Bonchev–Trinajstić information content (AvgIpc) is 2.44. The first-order valence-corrected chi connectivity index (χ1v) is 7.40. The highest BCUT2D eigenvalue weighted by Crippen LogP contribution is 2.29. The fourth-order valence-electron chi connectivity index (χ4n) is 2.84. The predicted molar refractivity (Wildman–Crippen MR) is 78.9 cm³/mol. The number of nitrogen functional groups attached to an aromatic ring is 1. The largest absolute Gasteiger partial charge is 0.396 e. The molecule has 0 heterocycles. The molecule has 1 amide bonds. The Morgan fingerprint density at radius 2 is 2.05 bits per heavy atom. The van der Waals surface area contributed by atoms with Crippen LogP contribution in [0.5, 0.6) is 0 Å². The van der Waals surface area contributed by atoms with Crippen molar-refractivity contribution in [3.63, 3.8) is 0 Å². The van der Waals surface area contributed by atoms with Crippen LogP contribution in [0.25, 0.3) is 0 Å². The van der Waals surface area contributed by atoms with Crippen LogP contribution in [0.15, 0.2) is 18.2 Å². The summed E-state index contributed by atoms with van der Waals surface area (Å²) in [5, 5.41) is 2.84. The monoisotopic (exact) mass is 278 g/mol. The van der Waals surface area contributed by atoms with Crippen molar-refractivity contribution in [2.24, 2.45) is 11.8 Å². The molecule has 20 heavy (non-hydrogen) atoms. The molecule has 1 saturated carbocycles. The summed E-state index contributed by atoms with van der Waals surface area (Å²) < 4.78 is 13.3. The second kappa shape index (κ2) is 6.73. The molecular formula is C16H23FN2O. The van der Waals surface area contributed by atoms with Crippen LogP contribution >= 0.6 is 0 Å². The number of amides is 1. The summed E-state index contributed by atoms with van der Waals surface area (Å²) in [5.74, 6) is 0.717. The first-order chi connectivity index (χ1) is 9.58. The summed E-state index contributed by atoms with van der Waals surface area (Å²) >= 11 is 0. The van der Waals surface area contributed by atoms with E-state index < -0.39 is 5.82 Å². The minimum Gasteiger partial charge on any atom is -0.396 e. The van der Waals surface area contributed by atoms with Gasteiger partial charge in [-0.25, -0.2) is 4.39 Å². The van der Waals surface area contributed by atoms with Crippen molar-refractivity contribution >= 4 is 11.6 Å². The summed E-state index contributed by atoms with van der Waals surface area (Å²) in [5.41, 5.74) is 5.73. The van der Waals surface area contributed by atoms with E-state index in [0.717, 1.165) is 12.3 Å². The van der Waals surface area contributed by atoms with E-state index in [9.17, 15) is 9.18 Å². The van der Waals surface area contributed by atoms with Crippen molar-refractivity contribution in [2.75, 3.05) is 12.3 Å². The number of halogens is 1. The van der Waals surface area contributed by atoms with E-state index in [1.807, 2.05) is 0 Å². The number of nitrogens with two attached hydrogens (primary N) is 1. The Hall–Kier alpha value is -1.58. The second-order valence-corrected chi connectivity index (χ2v) is 5.87. The van der Waals surface area contributed by atoms with E-state index in [2.05, 4.69) is 12.2 Å². The number of rotatable bonds is 4. The highest BCUT2D eigenvalue weighted by Gasteiger charge is 2.18. The van der Waals surface area contributed by atoms with Gasteiger partial charge in [-0.05, 0) is 30.4 Å². The van der Waals surface area contributed by atoms with Crippen LogP contribution in [0.2, 0.25) is 0 Å². The lowest BCUT2D eigenvalue weighted by atomic mass is 9.81. The van der Waals surface area contributed by atoms with Gasteiger partial charge in [0.1, 0.15) is 5.82 Å². The fraction of sp³-hybridized carbons (Fsp3) is 0.562. The van der Waals surface area contributed by atoms with Gasteiger partial charge in [0.25, 0.3) is 5.91 Å². The Morgan fingerprint density at radius 1 is 1.35 bits per heavy atom. The van der Waals surface area contributed by atoms with Gasteiger partial charge in [-0.3, -0.25) is 4.79 Å². The number of anilines is 1. The zero-order chi connectivity index (χ0) is 14.5. The SMILES string of the molecule is CC1CCC(CCNC(=O)c2cccc(F)c2N)CC1. The normalized spacial score (nSPS) is 22.5. The van der Waals surface area contributed by atoms with Crippen LogP contribution in [0, 0.1) is 17.7 Å². The van der Waals surface area contributed by atoms with Gasteiger partial charge in [0, 0.05) is 6.54 Å². The molecule has 1 fully saturated rings. The molecule has 0 radical (unpaired) electrons. The van der Waals surface area contributed by atoms with Crippen LogP contribution in [-0.4, -0.2) is 12.5 Å². The van der Waals surface area contributed by atoms with Crippen LogP contribution in [0.4, 0.5) is 10.1 Å². The van der Waals surface area contributed by atoms with Crippen LogP contribution in [0.3, 0.4) is 0 Å². The summed E-state index contributed by atoms with van der Waals surface area (Å²) in [6, 6.07) is 4.31. The van der Waals surface area contributed by atoms with E-state index in [-0.39, 0.29) is 17.2 Å². The summed E-state index contributed by atoms with van der Waals surface area (Å²) in [6.07, 6.45) is 6.07. The van der Waals surface area contributed by atoms with Crippen LogP contribution < -0.4 is 11.1 Å². The van der Waals surface area contributed by atoms with E-state index in [1.165, 1.54) is 37.8 Å². The van der Waals surface area contributed by atoms with E-state index in [0.29, 0.717) is 12.5 Å². The maximum absolute atomic E-state index is 13.3. The lowest BCUT2D eigenvalue weighted by Crippen LogP contribution is -2.27. The van der Waals surface area contributed by atoms with Gasteiger partial charge in [0.2, 0.25) is 0 Å². The van der Waals surface area contributed by atoms with Crippen molar-refractivity contribution in [2.45, 2.75) is 39.0 Å². The topological polar surface area (TPSA) is 55.1 Å². The molecule has 0 aromatic heterocycles. The summed E-state index contributed by atoms with van der Waals surface area (Å²) in [7, 11) is 0. The Bertz CT molecular complexity index is 468. The molecule has 0 aliphatic heterocycles. The zero-order valence-corrected chi connectivity index (χ0v) is 12.0. The molecule has 2 rings (SSSR count). The minimum absolute atomic E-state index is 0.0727. The highest BCUT2D eigenvalue weighted by atomic mass is 19.1. The van der Waals surface area contributed by atoms with Crippen molar-refractivity contribution in [1.82, 2.24) is 5.32 Å². The lowest BCUT2D eigenvalue weighted by Gasteiger charge is -2.26. The Balaban J connectivity index is 1.79. The third kappa shape index (κ3) is 3.71. The zero-order valence-electron chi connectivity index (χ0n) is 12.0. The first kappa shape index (κ1) is 14.8. The highest BCUT2D eigenvalue weighted by molar-refractivity contribution is 5.99. The van der Waals surface area contributed by atoms with Gasteiger partial charge >= 0.3 is 0 Å². The molecule has 0 unspecified atom stereocenters. The number of hydrogen-bond donors (Lipinski definition) is 2. The molecule has 1 aliphatic rings. The fourth-order valence-corrected chi connectivity index (χ4v) is 2.84. The second-order valence-electron chi connectivity index (χ2n) is 5.87. The van der Waals surface area contributed by atoms with Gasteiger partial charge in [0.15, 0.2) is 0 Å². The Labute approximate surface area is 119 Å². The third-order valence-electron chi connectivity index (χ3n) is 4.27. The minimum atomic E-state index is -0.543. The van der Waals surface area contributed by atoms with Gasteiger partial charge in [-0.15, -0.1) is 0 Å².